The van der Waals surface area contributed by atoms with E-state index in [-0.39, 0.29) is 0 Å². The fraction of sp³-hybridized carbons (Fsp3) is 0.333. The second-order valence-corrected chi connectivity index (χ2v) is 5.59. The Balaban J connectivity index is 1.96. The van der Waals surface area contributed by atoms with E-state index in [1.165, 1.54) is 27.9 Å². The average Bonchev–Trinajstić information content (AvgIpc) is 2.43. The molecule has 1 heterocycles. The van der Waals surface area contributed by atoms with Crippen LogP contribution in [-0.4, -0.2) is 13.1 Å². The van der Waals surface area contributed by atoms with Gasteiger partial charge in [-0.25, -0.2) is 0 Å². The minimum atomic E-state index is 0.983. The minimum Gasteiger partial charge on any atom is -0.366 e. The van der Waals surface area contributed by atoms with Crippen molar-refractivity contribution >= 4 is 5.69 Å². The molecule has 0 unspecified atom stereocenters. The molecule has 0 saturated carbocycles. The van der Waals surface area contributed by atoms with Crippen molar-refractivity contribution in [1.82, 2.24) is 5.32 Å². The Bertz CT molecular complexity index is 604. The summed E-state index contributed by atoms with van der Waals surface area (Å²) in [7, 11) is 0. The van der Waals surface area contributed by atoms with E-state index in [9.17, 15) is 0 Å². The third-order valence-electron chi connectivity index (χ3n) is 4.27. The zero-order chi connectivity index (χ0) is 13.9. The lowest BCUT2D eigenvalue weighted by Crippen LogP contribution is -2.35. The van der Waals surface area contributed by atoms with Crippen LogP contribution in [0.25, 0.3) is 0 Å². The van der Waals surface area contributed by atoms with Gasteiger partial charge in [0.05, 0.1) is 0 Å². The van der Waals surface area contributed by atoms with Crippen LogP contribution in [0, 0.1) is 13.8 Å². The summed E-state index contributed by atoms with van der Waals surface area (Å²) in [6, 6.07) is 15.3. The maximum Gasteiger partial charge on any atom is 0.0433 e. The molecule has 1 aliphatic heterocycles. The Morgan fingerprint density at radius 3 is 2.60 bits per heavy atom. The van der Waals surface area contributed by atoms with E-state index in [1.54, 1.807) is 0 Å². The standard InChI is InChI=1S/C18H22N2/c1-14-6-5-9-18(15(14)2)20-11-10-19-12-16-7-3-4-8-17(16)13-20/h3-9,19H,10-13H2,1-2H3. The molecule has 3 rings (SSSR count). The van der Waals surface area contributed by atoms with Gasteiger partial charge in [-0.1, -0.05) is 36.4 Å². The summed E-state index contributed by atoms with van der Waals surface area (Å²) in [6.07, 6.45) is 0. The summed E-state index contributed by atoms with van der Waals surface area (Å²) in [5.74, 6) is 0. The molecule has 104 valence electrons. The van der Waals surface area contributed by atoms with Gasteiger partial charge in [0.25, 0.3) is 0 Å². The van der Waals surface area contributed by atoms with Crippen LogP contribution in [0.4, 0.5) is 5.69 Å². The molecule has 1 N–H and O–H groups in total. The number of nitrogens with zero attached hydrogens (tertiary/aromatic N) is 1. The molecule has 20 heavy (non-hydrogen) atoms. The van der Waals surface area contributed by atoms with Crippen LogP contribution in [0.3, 0.4) is 0 Å². The number of fused-ring (bicyclic) bond motifs is 1. The quantitative estimate of drug-likeness (QED) is 0.851. The lowest BCUT2D eigenvalue weighted by atomic mass is 10.0. The number of hydrogen-bond donors (Lipinski definition) is 1. The van der Waals surface area contributed by atoms with Crippen LogP contribution >= 0.6 is 0 Å². The highest BCUT2D eigenvalue weighted by atomic mass is 15.1. The monoisotopic (exact) mass is 266 g/mol. The molecule has 0 fully saturated rings. The van der Waals surface area contributed by atoms with Gasteiger partial charge in [-0.3, -0.25) is 0 Å². The molecule has 2 heteroatoms. The van der Waals surface area contributed by atoms with Crippen LogP contribution in [0.2, 0.25) is 0 Å². The van der Waals surface area contributed by atoms with Crippen LogP contribution in [0.5, 0.6) is 0 Å². The van der Waals surface area contributed by atoms with Crippen LogP contribution < -0.4 is 10.2 Å². The smallest absolute Gasteiger partial charge is 0.0433 e. The van der Waals surface area contributed by atoms with Gasteiger partial charge in [0, 0.05) is 31.9 Å². The van der Waals surface area contributed by atoms with E-state index < -0.39 is 0 Å². The van der Waals surface area contributed by atoms with Gasteiger partial charge in [0.15, 0.2) is 0 Å². The molecule has 0 saturated heterocycles. The molecule has 0 aliphatic carbocycles. The summed E-state index contributed by atoms with van der Waals surface area (Å²) < 4.78 is 0. The normalized spacial score (nSPS) is 15.4. The summed E-state index contributed by atoms with van der Waals surface area (Å²) in [5, 5.41) is 3.54. The predicted molar refractivity (Wildman–Crippen MR) is 85.1 cm³/mol. The zero-order valence-electron chi connectivity index (χ0n) is 12.3. The number of benzene rings is 2. The minimum absolute atomic E-state index is 0.983. The lowest BCUT2D eigenvalue weighted by Gasteiger charge is -2.30. The van der Waals surface area contributed by atoms with Crippen molar-refractivity contribution in [2.75, 3.05) is 18.0 Å². The molecule has 0 amide bonds. The molecule has 2 nitrogen and oxygen atoms in total. The average molecular weight is 266 g/mol. The van der Waals surface area contributed by atoms with E-state index >= 15 is 0 Å². The molecule has 2 aromatic carbocycles. The summed E-state index contributed by atoms with van der Waals surface area (Å²) >= 11 is 0. The third-order valence-corrected chi connectivity index (χ3v) is 4.27. The van der Waals surface area contributed by atoms with Crippen molar-refractivity contribution < 1.29 is 0 Å². The van der Waals surface area contributed by atoms with Crippen molar-refractivity contribution in [2.24, 2.45) is 0 Å². The molecule has 0 spiro atoms. The molecule has 1 aliphatic rings. The van der Waals surface area contributed by atoms with E-state index in [1.807, 2.05) is 0 Å². The van der Waals surface area contributed by atoms with Crippen LogP contribution in [0.1, 0.15) is 22.3 Å². The predicted octanol–water partition coefficient (Wildman–Crippen LogP) is 3.41. The topological polar surface area (TPSA) is 15.3 Å². The second kappa shape index (κ2) is 5.68. The highest BCUT2D eigenvalue weighted by Crippen LogP contribution is 2.25. The third kappa shape index (κ3) is 2.56. The Morgan fingerprint density at radius 1 is 0.950 bits per heavy atom. The van der Waals surface area contributed by atoms with Gasteiger partial charge < -0.3 is 10.2 Å². The first-order chi connectivity index (χ1) is 9.75. The lowest BCUT2D eigenvalue weighted by molar-refractivity contribution is 0.630. The maximum atomic E-state index is 3.54. The van der Waals surface area contributed by atoms with Crippen molar-refractivity contribution in [3.8, 4) is 0 Å². The van der Waals surface area contributed by atoms with E-state index in [0.717, 1.165) is 26.2 Å². The van der Waals surface area contributed by atoms with Crippen molar-refractivity contribution in [1.29, 1.82) is 0 Å². The Hall–Kier alpha value is -1.80. The van der Waals surface area contributed by atoms with Gasteiger partial charge in [-0.2, -0.15) is 0 Å². The molecule has 0 bridgehead atoms. The van der Waals surface area contributed by atoms with Crippen molar-refractivity contribution in [3.05, 3.63) is 64.7 Å². The molecule has 2 aromatic rings. The molecule has 0 aromatic heterocycles. The molecule has 0 atom stereocenters. The number of aryl methyl sites for hydroxylation is 1. The summed E-state index contributed by atoms with van der Waals surface area (Å²) in [4.78, 5) is 2.49. The fourth-order valence-corrected chi connectivity index (χ4v) is 2.89. The molecular weight excluding hydrogens is 244 g/mol. The summed E-state index contributed by atoms with van der Waals surface area (Å²) in [5.41, 5.74) is 6.97. The van der Waals surface area contributed by atoms with Gasteiger partial charge >= 0.3 is 0 Å². The van der Waals surface area contributed by atoms with E-state index in [2.05, 4.69) is 66.5 Å². The fourth-order valence-electron chi connectivity index (χ4n) is 2.89. The van der Waals surface area contributed by atoms with Gasteiger partial charge in [-0.15, -0.1) is 0 Å². The van der Waals surface area contributed by atoms with Crippen molar-refractivity contribution in [3.63, 3.8) is 0 Å². The first kappa shape index (κ1) is 13.2. The van der Waals surface area contributed by atoms with Crippen LogP contribution in [-0.2, 0) is 13.1 Å². The SMILES string of the molecule is Cc1cccc(N2CCNCc3ccccc3C2)c1C. The van der Waals surface area contributed by atoms with Crippen molar-refractivity contribution in [2.45, 2.75) is 26.9 Å². The Morgan fingerprint density at radius 2 is 1.75 bits per heavy atom. The molecule has 0 radical (unpaired) electrons. The number of anilines is 1. The van der Waals surface area contributed by atoms with E-state index in [0.29, 0.717) is 0 Å². The maximum absolute atomic E-state index is 3.54. The highest BCUT2D eigenvalue weighted by Gasteiger charge is 2.14. The Labute approximate surface area is 121 Å². The number of hydrogen-bond acceptors (Lipinski definition) is 2. The summed E-state index contributed by atoms with van der Waals surface area (Å²) in [6.45, 7) is 8.48. The second-order valence-electron chi connectivity index (χ2n) is 5.59. The van der Waals surface area contributed by atoms with E-state index in [4.69, 9.17) is 0 Å². The van der Waals surface area contributed by atoms with Gasteiger partial charge in [0.2, 0.25) is 0 Å². The van der Waals surface area contributed by atoms with Gasteiger partial charge in [-0.05, 0) is 42.2 Å². The first-order valence-electron chi connectivity index (χ1n) is 7.34. The largest absolute Gasteiger partial charge is 0.366 e. The highest BCUT2D eigenvalue weighted by molar-refractivity contribution is 5.56. The van der Waals surface area contributed by atoms with Gasteiger partial charge in [0.1, 0.15) is 0 Å². The number of nitrogens with one attached hydrogen (secondary N) is 1. The Kier molecular flexibility index (Phi) is 3.75. The van der Waals surface area contributed by atoms with Crippen LogP contribution in [0.15, 0.2) is 42.5 Å². The molecular formula is C18H22N2. The first-order valence-corrected chi connectivity index (χ1v) is 7.34. The number of rotatable bonds is 1. The zero-order valence-corrected chi connectivity index (χ0v) is 12.3.